The van der Waals surface area contributed by atoms with Gasteiger partial charge in [0.15, 0.2) is 5.75 Å². The average molecular weight is 379 g/mol. The standard InChI is InChI=1S/C18H23BrN2O2/c1-14(15-8-5-4-6-9-15)23-17-12-16(19)13-20-18(17)22-11-7-10-21(2)3/h4-6,8-9,12-14H,7,10-11H2,1-3H3. The molecular weight excluding hydrogens is 356 g/mol. The van der Waals surface area contributed by atoms with Crippen LogP contribution in [0.3, 0.4) is 0 Å². The Labute approximate surface area is 146 Å². The van der Waals surface area contributed by atoms with Crippen LogP contribution >= 0.6 is 15.9 Å². The maximum Gasteiger partial charge on any atom is 0.257 e. The molecular formula is C18H23BrN2O2. The molecule has 2 rings (SSSR count). The van der Waals surface area contributed by atoms with E-state index in [1.165, 1.54) is 0 Å². The van der Waals surface area contributed by atoms with Gasteiger partial charge in [0.05, 0.1) is 6.61 Å². The van der Waals surface area contributed by atoms with Gasteiger partial charge in [0.25, 0.3) is 5.88 Å². The highest BCUT2D eigenvalue weighted by molar-refractivity contribution is 9.10. The maximum absolute atomic E-state index is 6.06. The van der Waals surface area contributed by atoms with Gasteiger partial charge in [-0.2, -0.15) is 0 Å². The predicted molar refractivity (Wildman–Crippen MR) is 96.1 cm³/mol. The SMILES string of the molecule is CC(Oc1cc(Br)cnc1OCCCN(C)C)c1ccccc1. The van der Waals surface area contributed by atoms with Gasteiger partial charge in [0.1, 0.15) is 6.10 Å². The molecule has 0 saturated carbocycles. The molecule has 1 unspecified atom stereocenters. The molecule has 0 aliphatic carbocycles. The van der Waals surface area contributed by atoms with Crippen molar-refractivity contribution in [2.45, 2.75) is 19.4 Å². The number of pyridine rings is 1. The molecule has 0 aliphatic heterocycles. The van der Waals surface area contributed by atoms with Gasteiger partial charge in [-0.15, -0.1) is 0 Å². The molecule has 1 heterocycles. The zero-order chi connectivity index (χ0) is 16.7. The maximum atomic E-state index is 6.06. The van der Waals surface area contributed by atoms with Gasteiger partial charge < -0.3 is 14.4 Å². The fourth-order valence-electron chi connectivity index (χ4n) is 2.13. The minimum atomic E-state index is -0.0728. The summed E-state index contributed by atoms with van der Waals surface area (Å²) in [6.07, 6.45) is 2.59. The monoisotopic (exact) mass is 378 g/mol. The Bertz CT molecular complexity index is 605. The van der Waals surface area contributed by atoms with Crippen molar-refractivity contribution in [3.8, 4) is 11.6 Å². The third-order valence-corrected chi connectivity index (χ3v) is 3.78. The third kappa shape index (κ3) is 5.84. The van der Waals surface area contributed by atoms with E-state index in [9.17, 15) is 0 Å². The van der Waals surface area contributed by atoms with E-state index < -0.39 is 0 Å². The number of hydrogen-bond acceptors (Lipinski definition) is 4. The molecule has 0 aliphatic rings. The number of benzene rings is 1. The largest absolute Gasteiger partial charge is 0.480 e. The van der Waals surface area contributed by atoms with Crippen molar-refractivity contribution in [3.05, 3.63) is 52.6 Å². The summed E-state index contributed by atoms with van der Waals surface area (Å²) in [5.41, 5.74) is 1.12. The van der Waals surface area contributed by atoms with Gasteiger partial charge in [-0.25, -0.2) is 4.98 Å². The van der Waals surface area contributed by atoms with E-state index in [2.05, 4.69) is 25.8 Å². The summed E-state index contributed by atoms with van der Waals surface area (Å²) >= 11 is 3.44. The number of aromatic nitrogens is 1. The summed E-state index contributed by atoms with van der Waals surface area (Å²) in [7, 11) is 4.10. The summed E-state index contributed by atoms with van der Waals surface area (Å²) in [5.74, 6) is 1.19. The van der Waals surface area contributed by atoms with Gasteiger partial charge >= 0.3 is 0 Å². The first kappa shape index (κ1) is 17.8. The quantitative estimate of drug-likeness (QED) is 0.640. The zero-order valence-corrected chi connectivity index (χ0v) is 15.4. The van der Waals surface area contributed by atoms with E-state index in [1.54, 1.807) is 6.20 Å². The fraction of sp³-hybridized carbons (Fsp3) is 0.389. The van der Waals surface area contributed by atoms with Crippen LogP contribution in [0.1, 0.15) is 25.0 Å². The second-order valence-corrected chi connectivity index (χ2v) is 6.55. The van der Waals surface area contributed by atoms with Crippen LogP contribution in [0.25, 0.3) is 0 Å². The highest BCUT2D eigenvalue weighted by Gasteiger charge is 2.13. The normalized spacial score (nSPS) is 12.2. The van der Waals surface area contributed by atoms with Crippen LogP contribution < -0.4 is 9.47 Å². The topological polar surface area (TPSA) is 34.6 Å². The lowest BCUT2D eigenvalue weighted by atomic mass is 10.1. The first-order chi connectivity index (χ1) is 11.1. The van der Waals surface area contributed by atoms with Crippen molar-refractivity contribution in [3.63, 3.8) is 0 Å². The summed E-state index contributed by atoms with van der Waals surface area (Å²) < 4.78 is 12.7. The molecule has 2 aromatic rings. The van der Waals surface area contributed by atoms with Gasteiger partial charge in [-0.1, -0.05) is 30.3 Å². The highest BCUT2D eigenvalue weighted by Crippen LogP contribution is 2.31. The Balaban J connectivity index is 2.03. The number of ether oxygens (including phenoxy) is 2. The number of halogens is 1. The number of nitrogens with zero attached hydrogens (tertiary/aromatic N) is 2. The van der Waals surface area contributed by atoms with Crippen LogP contribution in [0.4, 0.5) is 0 Å². The van der Waals surface area contributed by atoms with Crippen LogP contribution in [0.15, 0.2) is 47.1 Å². The fourth-order valence-corrected chi connectivity index (χ4v) is 2.44. The summed E-state index contributed by atoms with van der Waals surface area (Å²) in [6.45, 7) is 3.61. The average Bonchev–Trinajstić information content (AvgIpc) is 2.54. The second-order valence-electron chi connectivity index (χ2n) is 5.63. The number of rotatable bonds is 8. The summed E-state index contributed by atoms with van der Waals surface area (Å²) in [6, 6.07) is 12.0. The van der Waals surface area contributed by atoms with E-state index >= 15 is 0 Å². The Kier molecular flexibility index (Phi) is 6.86. The Morgan fingerprint density at radius 2 is 1.96 bits per heavy atom. The molecule has 124 valence electrons. The molecule has 0 N–H and O–H groups in total. The Morgan fingerprint density at radius 3 is 2.65 bits per heavy atom. The van der Waals surface area contributed by atoms with Crippen molar-refractivity contribution < 1.29 is 9.47 Å². The molecule has 4 nitrogen and oxygen atoms in total. The molecule has 0 amide bonds. The second kappa shape index (κ2) is 8.89. The lowest BCUT2D eigenvalue weighted by molar-refractivity contribution is 0.201. The van der Waals surface area contributed by atoms with Crippen molar-refractivity contribution in [2.75, 3.05) is 27.2 Å². The summed E-state index contributed by atoms with van der Waals surface area (Å²) in [4.78, 5) is 6.47. The first-order valence-electron chi connectivity index (χ1n) is 7.71. The Morgan fingerprint density at radius 1 is 1.22 bits per heavy atom. The van der Waals surface area contributed by atoms with Crippen LogP contribution in [-0.2, 0) is 0 Å². The lowest BCUT2D eigenvalue weighted by Gasteiger charge is -2.18. The Hall–Kier alpha value is -1.59. The molecule has 1 aromatic heterocycles. The zero-order valence-electron chi connectivity index (χ0n) is 13.8. The minimum Gasteiger partial charge on any atom is -0.480 e. The van der Waals surface area contributed by atoms with E-state index in [0.717, 1.165) is 23.0 Å². The van der Waals surface area contributed by atoms with Gasteiger partial charge in [0.2, 0.25) is 0 Å². The highest BCUT2D eigenvalue weighted by atomic mass is 79.9. The number of hydrogen-bond donors (Lipinski definition) is 0. The lowest BCUT2D eigenvalue weighted by Crippen LogP contribution is -2.16. The molecule has 0 radical (unpaired) electrons. The van der Waals surface area contributed by atoms with Crippen molar-refractivity contribution >= 4 is 15.9 Å². The van der Waals surface area contributed by atoms with Crippen molar-refractivity contribution in [1.29, 1.82) is 0 Å². The van der Waals surface area contributed by atoms with Crippen molar-refractivity contribution in [2.24, 2.45) is 0 Å². The molecule has 23 heavy (non-hydrogen) atoms. The molecule has 0 saturated heterocycles. The van der Waals surface area contributed by atoms with E-state index in [4.69, 9.17) is 9.47 Å². The first-order valence-corrected chi connectivity index (χ1v) is 8.50. The molecule has 5 heteroatoms. The summed E-state index contributed by atoms with van der Waals surface area (Å²) in [5, 5.41) is 0. The van der Waals surface area contributed by atoms with E-state index in [1.807, 2.05) is 57.4 Å². The van der Waals surface area contributed by atoms with Crippen LogP contribution in [0, 0.1) is 0 Å². The predicted octanol–water partition coefficient (Wildman–Crippen LogP) is 4.31. The smallest absolute Gasteiger partial charge is 0.257 e. The van der Waals surface area contributed by atoms with Crippen LogP contribution in [0.2, 0.25) is 0 Å². The van der Waals surface area contributed by atoms with Gasteiger partial charge in [0, 0.05) is 23.3 Å². The van der Waals surface area contributed by atoms with Gasteiger partial charge in [-0.3, -0.25) is 0 Å². The molecule has 0 bridgehead atoms. The molecule has 0 spiro atoms. The van der Waals surface area contributed by atoms with Crippen LogP contribution in [-0.4, -0.2) is 37.1 Å². The molecule has 1 aromatic carbocycles. The molecule has 0 fully saturated rings. The van der Waals surface area contributed by atoms with E-state index in [0.29, 0.717) is 18.2 Å². The van der Waals surface area contributed by atoms with Crippen molar-refractivity contribution in [1.82, 2.24) is 9.88 Å². The third-order valence-electron chi connectivity index (χ3n) is 3.35. The molecule has 1 atom stereocenters. The van der Waals surface area contributed by atoms with Gasteiger partial charge in [-0.05, 0) is 48.9 Å². The van der Waals surface area contributed by atoms with Crippen LogP contribution in [0.5, 0.6) is 11.6 Å². The minimum absolute atomic E-state index is 0.0728. The van der Waals surface area contributed by atoms with E-state index in [-0.39, 0.29) is 6.10 Å².